The van der Waals surface area contributed by atoms with E-state index in [2.05, 4.69) is 17.1 Å². The summed E-state index contributed by atoms with van der Waals surface area (Å²) in [5, 5.41) is 12.7. The highest BCUT2D eigenvalue weighted by atomic mass is 32.2. The van der Waals surface area contributed by atoms with Crippen LogP contribution in [0.15, 0.2) is 4.52 Å². The molecule has 0 aromatic carbocycles. The predicted octanol–water partition coefficient (Wildman–Crippen LogP) is 2.76. The Labute approximate surface area is 111 Å². The van der Waals surface area contributed by atoms with Crippen molar-refractivity contribution in [3.05, 3.63) is 11.7 Å². The van der Waals surface area contributed by atoms with Crippen molar-refractivity contribution in [2.75, 3.05) is 5.75 Å². The third kappa shape index (κ3) is 5.53. The van der Waals surface area contributed by atoms with Gasteiger partial charge >= 0.3 is 5.97 Å². The SMILES string of the molecule is CCCSCc1noc(CC(C)(C)CC(=O)O)n1. The third-order valence-electron chi connectivity index (χ3n) is 2.35. The van der Waals surface area contributed by atoms with Crippen molar-refractivity contribution < 1.29 is 14.4 Å². The maximum atomic E-state index is 10.7. The van der Waals surface area contributed by atoms with Gasteiger partial charge in [0.2, 0.25) is 5.89 Å². The minimum absolute atomic E-state index is 0.0926. The fourth-order valence-corrected chi connectivity index (χ4v) is 2.34. The molecule has 0 fully saturated rings. The van der Waals surface area contributed by atoms with Gasteiger partial charge in [-0.3, -0.25) is 4.79 Å². The molecule has 6 heteroatoms. The van der Waals surface area contributed by atoms with Gasteiger partial charge in [-0.1, -0.05) is 25.9 Å². The molecular formula is C12H20N2O3S. The summed E-state index contributed by atoms with van der Waals surface area (Å²) in [6.07, 6.45) is 1.71. The second kappa shape index (κ2) is 6.78. The lowest BCUT2D eigenvalue weighted by Crippen LogP contribution is -2.19. The highest BCUT2D eigenvalue weighted by Crippen LogP contribution is 2.25. The molecule has 0 aliphatic carbocycles. The number of hydrogen-bond donors (Lipinski definition) is 1. The largest absolute Gasteiger partial charge is 0.481 e. The molecule has 18 heavy (non-hydrogen) atoms. The number of aliphatic carboxylic acids is 1. The van der Waals surface area contributed by atoms with Crippen LogP contribution in [0.4, 0.5) is 0 Å². The zero-order chi connectivity index (χ0) is 13.6. The number of rotatable bonds is 8. The molecule has 0 bridgehead atoms. The predicted molar refractivity (Wildman–Crippen MR) is 70.5 cm³/mol. The van der Waals surface area contributed by atoms with Crippen LogP contribution in [-0.2, 0) is 17.0 Å². The summed E-state index contributed by atoms with van der Waals surface area (Å²) in [7, 11) is 0. The summed E-state index contributed by atoms with van der Waals surface area (Å²) < 4.78 is 5.15. The number of carbonyl (C=O) groups is 1. The minimum Gasteiger partial charge on any atom is -0.481 e. The first kappa shape index (κ1) is 15.0. The average Bonchev–Trinajstić information content (AvgIpc) is 2.63. The number of carboxylic acid groups (broad SMARTS) is 1. The van der Waals surface area contributed by atoms with Crippen molar-refractivity contribution in [2.24, 2.45) is 5.41 Å². The van der Waals surface area contributed by atoms with Gasteiger partial charge in [0.25, 0.3) is 0 Å². The van der Waals surface area contributed by atoms with Crippen molar-refractivity contribution >= 4 is 17.7 Å². The summed E-state index contributed by atoms with van der Waals surface area (Å²) in [6.45, 7) is 5.90. The van der Waals surface area contributed by atoms with Crippen LogP contribution in [-0.4, -0.2) is 27.0 Å². The third-order valence-corrected chi connectivity index (χ3v) is 3.51. The van der Waals surface area contributed by atoms with Crippen LogP contribution in [0.1, 0.15) is 45.3 Å². The van der Waals surface area contributed by atoms with Gasteiger partial charge in [0.1, 0.15) is 0 Å². The minimum atomic E-state index is -0.807. The Morgan fingerprint density at radius 1 is 1.50 bits per heavy atom. The van der Waals surface area contributed by atoms with E-state index < -0.39 is 5.97 Å². The first-order valence-corrected chi connectivity index (χ1v) is 7.19. The first-order valence-electron chi connectivity index (χ1n) is 6.04. The van der Waals surface area contributed by atoms with E-state index in [0.717, 1.165) is 17.9 Å². The Hall–Kier alpha value is -1.04. The lowest BCUT2D eigenvalue weighted by Gasteiger charge is -2.19. The summed E-state index contributed by atoms with van der Waals surface area (Å²) in [5.41, 5.74) is -0.369. The smallest absolute Gasteiger partial charge is 0.303 e. The molecule has 1 aromatic heterocycles. The Bertz CT molecular complexity index is 390. The molecule has 102 valence electrons. The lowest BCUT2D eigenvalue weighted by molar-refractivity contribution is -0.139. The normalized spacial score (nSPS) is 11.7. The molecule has 0 aliphatic heterocycles. The van der Waals surface area contributed by atoms with Crippen molar-refractivity contribution in [1.29, 1.82) is 0 Å². The number of hydrogen-bond acceptors (Lipinski definition) is 5. The van der Waals surface area contributed by atoms with Crippen LogP contribution >= 0.6 is 11.8 Å². The summed E-state index contributed by atoms with van der Waals surface area (Å²) in [6, 6.07) is 0. The second-order valence-electron chi connectivity index (χ2n) is 5.07. The highest BCUT2D eigenvalue weighted by Gasteiger charge is 2.25. The molecule has 0 atom stereocenters. The van der Waals surface area contributed by atoms with Crippen molar-refractivity contribution in [3.8, 4) is 0 Å². The summed E-state index contributed by atoms with van der Waals surface area (Å²) in [5.74, 6) is 2.23. The Morgan fingerprint density at radius 2 is 2.22 bits per heavy atom. The Kier molecular flexibility index (Phi) is 5.65. The van der Waals surface area contributed by atoms with Crippen molar-refractivity contribution in [3.63, 3.8) is 0 Å². The van der Waals surface area contributed by atoms with E-state index in [-0.39, 0.29) is 11.8 Å². The number of nitrogens with zero attached hydrogens (tertiary/aromatic N) is 2. The van der Waals surface area contributed by atoms with Gasteiger partial charge < -0.3 is 9.63 Å². The molecule has 1 rings (SSSR count). The first-order chi connectivity index (χ1) is 8.43. The molecule has 0 radical (unpaired) electrons. The van der Waals surface area contributed by atoms with E-state index in [0.29, 0.717) is 18.1 Å². The second-order valence-corrected chi connectivity index (χ2v) is 6.17. The molecule has 1 aromatic rings. The average molecular weight is 272 g/mol. The van der Waals surface area contributed by atoms with Gasteiger partial charge in [0, 0.05) is 6.42 Å². The number of thioether (sulfide) groups is 1. The lowest BCUT2D eigenvalue weighted by atomic mass is 9.86. The Balaban J connectivity index is 2.50. The van der Waals surface area contributed by atoms with E-state index in [4.69, 9.17) is 9.63 Å². The zero-order valence-electron chi connectivity index (χ0n) is 11.1. The molecule has 5 nitrogen and oxygen atoms in total. The van der Waals surface area contributed by atoms with E-state index in [9.17, 15) is 4.79 Å². The van der Waals surface area contributed by atoms with Crippen molar-refractivity contribution in [1.82, 2.24) is 10.1 Å². The van der Waals surface area contributed by atoms with Crippen molar-refractivity contribution in [2.45, 2.75) is 45.8 Å². The van der Waals surface area contributed by atoms with Crippen LogP contribution in [0.25, 0.3) is 0 Å². The molecule has 1 N–H and O–H groups in total. The molecule has 0 spiro atoms. The Morgan fingerprint density at radius 3 is 2.83 bits per heavy atom. The van der Waals surface area contributed by atoms with E-state index >= 15 is 0 Å². The molecule has 0 amide bonds. The summed E-state index contributed by atoms with van der Waals surface area (Å²) >= 11 is 1.77. The van der Waals surface area contributed by atoms with Crippen LogP contribution in [0.3, 0.4) is 0 Å². The van der Waals surface area contributed by atoms with Crippen LogP contribution in [0, 0.1) is 5.41 Å². The number of carboxylic acids is 1. The van der Waals surface area contributed by atoms with Gasteiger partial charge in [0.05, 0.1) is 12.2 Å². The van der Waals surface area contributed by atoms with Gasteiger partial charge in [-0.15, -0.1) is 0 Å². The van der Waals surface area contributed by atoms with Crippen LogP contribution in [0.5, 0.6) is 0 Å². The highest BCUT2D eigenvalue weighted by molar-refractivity contribution is 7.98. The summed E-state index contributed by atoms with van der Waals surface area (Å²) in [4.78, 5) is 15.0. The van der Waals surface area contributed by atoms with Gasteiger partial charge in [-0.2, -0.15) is 16.7 Å². The fraction of sp³-hybridized carbons (Fsp3) is 0.750. The van der Waals surface area contributed by atoms with Crippen LogP contribution < -0.4 is 0 Å². The molecule has 0 saturated carbocycles. The van der Waals surface area contributed by atoms with Gasteiger partial charge in [0.15, 0.2) is 5.82 Å². The van der Waals surface area contributed by atoms with E-state index in [1.165, 1.54) is 0 Å². The zero-order valence-corrected chi connectivity index (χ0v) is 11.9. The fourth-order valence-electron chi connectivity index (χ4n) is 1.61. The topological polar surface area (TPSA) is 76.2 Å². The van der Waals surface area contributed by atoms with E-state index in [1.807, 2.05) is 13.8 Å². The van der Waals surface area contributed by atoms with Gasteiger partial charge in [-0.25, -0.2) is 0 Å². The quantitative estimate of drug-likeness (QED) is 0.733. The van der Waals surface area contributed by atoms with E-state index in [1.54, 1.807) is 11.8 Å². The van der Waals surface area contributed by atoms with Crippen LogP contribution in [0.2, 0.25) is 0 Å². The maximum Gasteiger partial charge on any atom is 0.303 e. The maximum absolute atomic E-state index is 10.7. The number of aromatic nitrogens is 2. The molecular weight excluding hydrogens is 252 g/mol. The molecule has 0 unspecified atom stereocenters. The van der Waals surface area contributed by atoms with Gasteiger partial charge in [-0.05, 0) is 17.6 Å². The monoisotopic (exact) mass is 272 g/mol. The molecule has 0 saturated heterocycles. The molecule has 0 aliphatic rings. The molecule has 1 heterocycles. The standard InChI is InChI=1S/C12H20N2O3S/c1-4-5-18-8-9-13-10(17-14-9)6-12(2,3)7-11(15)16/h4-8H2,1-3H3,(H,15,16).